The summed E-state index contributed by atoms with van der Waals surface area (Å²) in [6, 6.07) is 16.2. The molecule has 5 nitrogen and oxygen atoms in total. The smallest absolute Gasteiger partial charge is 0.236 e. The van der Waals surface area contributed by atoms with Crippen LogP contribution in [0, 0.1) is 0 Å². The van der Waals surface area contributed by atoms with Crippen molar-refractivity contribution in [3.8, 4) is 0 Å². The van der Waals surface area contributed by atoms with Crippen molar-refractivity contribution in [3.05, 3.63) is 65.2 Å². The molecule has 1 N–H and O–H groups in total. The molecule has 0 aliphatic rings. The number of carbonyl (C=O) groups excluding carboxylic acids is 1. The first kappa shape index (κ1) is 19.3. The number of carbonyl (C=O) groups is 1. The Hall–Kier alpha value is -2.05. The highest BCUT2D eigenvalue weighted by molar-refractivity contribution is 7.92. The standard InChI is InChI=1S/C18H21ClN2O3S/c1-21(16-8-3-2-4-9-16)25(23,24)14-13-20-18(22)12-11-15-7-5-6-10-17(15)19/h2-10H,11-14H2,1H3,(H,20,22). The number of anilines is 1. The van der Waals surface area contributed by atoms with E-state index in [4.69, 9.17) is 11.6 Å². The summed E-state index contributed by atoms with van der Waals surface area (Å²) < 4.78 is 25.8. The first-order valence-corrected chi connectivity index (χ1v) is 9.90. The van der Waals surface area contributed by atoms with Crippen molar-refractivity contribution < 1.29 is 13.2 Å². The minimum atomic E-state index is -3.49. The molecule has 0 fully saturated rings. The number of benzene rings is 2. The SMILES string of the molecule is CN(c1ccccc1)S(=O)(=O)CCNC(=O)CCc1ccccc1Cl. The molecule has 0 spiro atoms. The van der Waals surface area contributed by atoms with Crippen LogP contribution in [0.4, 0.5) is 5.69 Å². The third-order valence-corrected chi connectivity index (χ3v) is 5.93. The van der Waals surface area contributed by atoms with Gasteiger partial charge in [-0.15, -0.1) is 0 Å². The molecular formula is C18H21ClN2O3S. The maximum atomic E-state index is 12.3. The fourth-order valence-electron chi connectivity index (χ4n) is 2.29. The van der Waals surface area contributed by atoms with E-state index in [1.807, 2.05) is 24.3 Å². The number of nitrogens with one attached hydrogen (secondary N) is 1. The zero-order valence-electron chi connectivity index (χ0n) is 14.0. The van der Waals surface area contributed by atoms with Gasteiger partial charge in [0.1, 0.15) is 0 Å². The lowest BCUT2D eigenvalue weighted by molar-refractivity contribution is -0.120. The van der Waals surface area contributed by atoms with Gasteiger partial charge in [-0.05, 0) is 30.2 Å². The molecule has 0 aliphatic heterocycles. The average Bonchev–Trinajstić information content (AvgIpc) is 2.61. The van der Waals surface area contributed by atoms with Crippen LogP contribution in [-0.2, 0) is 21.2 Å². The Balaban J connectivity index is 1.79. The first-order valence-electron chi connectivity index (χ1n) is 7.92. The molecule has 0 aromatic heterocycles. The number of aryl methyl sites for hydroxylation is 1. The molecule has 0 atom stereocenters. The van der Waals surface area contributed by atoms with E-state index in [0.29, 0.717) is 17.1 Å². The van der Waals surface area contributed by atoms with E-state index >= 15 is 0 Å². The lowest BCUT2D eigenvalue weighted by atomic mass is 10.1. The van der Waals surface area contributed by atoms with Gasteiger partial charge in [0.2, 0.25) is 15.9 Å². The Kier molecular flexibility index (Phi) is 6.84. The summed E-state index contributed by atoms with van der Waals surface area (Å²) in [6.07, 6.45) is 0.778. The van der Waals surface area contributed by atoms with Gasteiger partial charge in [-0.3, -0.25) is 9.10 Å². The summed E-state index contributed by atoms with van der Waals surface area (Å²) >= 11 is 6.05. The number of rotatable bonds is 8. The molecule has 0 saturated carbocycles. The van der Waals surface area contributed by atoms with Crippen molar-refractivity contribution >= 4 is 33.2 Å². The highest BCUT2D eigenvalue weighted by Gasteiger charge is 2.18. The lowest BCUT2D eigenvalue weighted by Gasteiger charge is -2.19. The molecule has 0 radical (unpaired) electrons. The molecule has 0 bridgehead atoms. The van der Waals surface area contributed by atoms with E-state index < -0.39 is 10.0 Å². The number of amides is 1. The van der Waals surface area contributed by atoms with Crippen LogP contribution in [0.3, 0.4) is 0 Å². The maximum absolute atomic E-state index is 12.3. The summed E-state index contributed by atoms with van der Waals surface area (Å²) in [6.45, 7) is 0.0703. The van der Waals surface area contributed by atoms with Gasteiger partial charge in [-0.25, -0.2) is 8.42 Å². The predicted molar refractivity (Wildman–Crippen MR) is 101 cm³/mol. The third kappa shape index (κ3) is 5.76. The fraction of sp³-hybridized carbons (Fsp3) is 0.278. The van der Waals surface area contributed by atoms with Crippen molar-refractivity contribution in [1.29, 1.82) is 0 Å². The summed E-state index contributed by atoms with van der Waals surface area (Å²) in [5, 5.41) is 3.27. The molecule has 2 aromatic rings. The van der Waals surface area contributed by atoms with E-state index in [1.165, 1.54) is 11.4 Å². The van der Waals surface area contributed by atoms with E-state index in [9.17, 15) is 13.2 Å². The maximum Gasteiger partial charge on any atom is 0.236 e. The molecule has 0 heterocycles. The van der Waals surface area contributed by atoms with Crippen LogP contribution in [0.25, 0.3) is 0 Å². The second kappa shape index (κ2) is 8.87. The van der Waals surface area contributed by atoms with Crippen LogP contribution in [0.5, 0.6) is 0 Å². The Morgan fingerprint density at radius 2 is 1.72 bits per heavy atom. The molecule has 2 aromatic carbocycles. The summed E-state index contributed by atoms with van der Waals surface area (Å²) in [7, 11) is -1.98. The normalized spacial score (nSPS) is 11.1. The Labute approximate surface area is 153 Å². The zero-order chi connectivity index (χ0) is 18.3. The van der Waals surface area contributed by atoms with E-state index in [-0.39, 0.29) is 24.6 Å². The Morgan fingerprint density at radius 1 is 1.08 bits per heavy atom. The quantitative estimate of drug-likeness (QED) is 0.765. The number of hydrogen-bond acceptors (Lipinski definition) is 3. The fourth-order valence-corrected chi connectivity index (χ4v) is 3.60. The van der Waals surface area contributed by atoms with Crippen molar-refractivity contribution in [2.75, 3.05) is 23.7 Å². The molecule has 134 valence electrons. The Morgan fingerprint density at radius 3 is 2.40 bits per heavy atom. The number of nitrogens with zero attached hydrogens (tertiary/aromatic N) is 1. The number of para-hydroxylation sites is 1. The van der Waals surface area contributed by atoms with Gasteiger partial charge < -0.3 is 5.32 Å². The Bertz CT molecular complexity index is 810. The molecule has 0 unspecified atom stereocenters. The molecule has 2 rings (SSSR count). The number of sulfonamides is 1. The van der Waals surface area contributed by atoms with E-state index in [1.54, 1.807) is 30.3 Å². The topological polar surface area (TPSA) is 66.5 Å². The zero-order valence-corrected chi connectivity index (χ0v) is 15.6. The van der Waals surface area contributed by atoms with E-state index in [2.05, 4.69) is 5.32 Å². The lowest BCUT2D eigenvalue weighted by Crippen LogP contribution is -2.35. The second-order valence-electron chi connectivity index (χ2n) is 5.56. The summed E-state index contributed by atoms with van der Waals surface area (Å²) in [5.41, 5.74) is 1.49. The van der Waals surface area contributed by atoms with Gasteiger partial charge in [0.05, 0.1) is 11.4 Å². The highest BCUT2D eigenvalue weighted by atomic mass is 35.5. The van der Waals surface area contributed by atoms with Crippen LogP contribution in [0.1, 0.15) is 12.0 Å². The van der Waals surface area contributed by atoms with Crippen molar-refractivity contribution in [2.45, 2.75) is 12.8 Å². The minimum Gasteiger partial charge on any atom is -0.355 e. The van der Waals surface area contributed by atoms with E-state index in [0.717, 1.165) is 5.56 Å². The average molecular weight is 381 g/mol. The molecule has 0 saturated heterocycles. The second-order valence-corrected chi connectivity index (χ2v) is 8.09. The van der Waals surface area contributed by atoms with Crippen LogP contribution in [0.2, 0.25) is 5.02 Å². The van der Waals surface area contributed by atoms with Gasteiger partial charge in [-0.1, -0.05) is 48.0 Å². The number of hydrogen-bond donors (Lipinski definition) is 1. The summed E-state index contributed by atoms with van der Waals surface area (Å²) in [4.78, 5) is 11.9. The number of halogens is 1. The van der Waals surface area contributed by atoms with Crippen molar-refractivity contribution in [3.63, 3.8) is 0 Å². The van der Waals surface area contributed by atoms with Gasteiger partial charge >= 0.3 is 0 Å². The minimum absolute atomic E-state index is 0.0703. The molecular weight excluding hydrogens is 360 g/mol. The van der Waals surface area contributed by atoms with Crippen molar-refractivity contribution in [1.82, 2.24) is 5.32 Å². The molecule has 7 heteroatoms. The van der Waals surface area contributed by atoms with Crippen LogP contribution in [-0.4, -0.2) is 33.7 Å². The van der Waals surface area contributed by atoms with Gasteiger partial charge in [0.25, 0.3) is 0 Å². The summed E-state index contributed by atoms with van der Waals surface area (Å²) in [5.74, 6) is -0.353. The highest BCUT2D eigenvalue weighted by Crippen LogP contribution is 2.17. The molecule has 1 amide bonds. The van der Waals surface area contributed by atoms with Gasteiger partial charge in [-0.2, -0.15) is 0 Å². The first-order chi connectivity index (χ1) is 11.9. The van der Waals surface area contributed by atoms with Crippen LogP contribution in [0.15, 0.2) is 54.6 Å². The van der Waals surface area contributed by atoms with Gasteiger partial charge in [0, 0.05) is 25.0 Å². The molecule has 25 heavy (non-hydrogen) atoms. The third-order valence-electron chi connectivity index (χ3n) is 3.80. The van der Waals surface area contributed by atoms with Crippen LogP contribution < -0.4 is 9.62 Å². The predicted octanol–water partition coefficient (Wildman–Crippen LogP) is 2.86. The van der Waals surface area contributed by atoms with Crippen molar-refractivity contribution in [2.24, 2.45) is 0 Å². The monoisotopic (exact) mass is 380 g/mol. The largest absolute Gasteiger partial charge is 0.355 e. The molecule has 0 aliphatic carbocycles. The van der Waals surface area contributed by atoms with Gasteiger partial charge in [0.15, 0.2) is 0 Å². The van der Waals surface area contributed by atoms with Crippen LogP contribution >= 0.6 is 11.6 Å².